The van der Waals surface area contributed by atoms with Gasteiger partial charge in [-0.3, -0.25) is 9.52 Å². The number of rotatable bonds is 4. The summed E-state index contributed by atoms with van der Waals surface area (Å²) in [5, 5.41) is -0.201. The molecule has 0 unspecified atom stereocenters. The van der Waals surface area contributed by atoms with Crippen LogP contribution in [0.4, 0.5) is 10.1 Å². The fourth-order valence-corrected chi connectivity index (χ4v) is 4.28. The van der Waals surface area contributed by atoms with E-state index in [0.29, 0.717) is 11.3 Å². The Kier molecular flexibility index (Phi) is 4.96. The van der Waals surface area contributed by atoms with E-state index < -0.39 is 15.8 Å². The van der Waals surface area contributed by atoms with Crippen LogP contribution in [0.5, 0.6) is 0 Å². The Morgan fingerprint density at radius 1 is 1.08 bits per heavy atom. The van der Waals surface area contributed by atoms with Gasteiger partial charge in [0.25, 0.3) is 15.9 Å². The molecule has 0 saturated carbocycles. The zero-order chi connectivity index (χ0) is 18.0. The monoisotopic (exact) mass is 382 g/mol. The van der Waals surface area contributed by atoms with Crippen LogP contribution in [0.2, 0.25) is 5.02 Å². The number of amides is 1. The van der Waals surface area contributed by atoms with Gasteiger partial charge in [0.1, 0.15) is 10.7 Å². The molecular weight excluding hydrogens is 367 g/mol. The molecule has 1 aliphatic heterocycles. The molecule has 0 aromatic heterocycles. The smallest absolute Gasteiger partial charge is 0.263 e. The molecule has 0 atom stereocenters. The number of sulfonamides is 1. The third-order valence-corrected chi connectivity index (χ3v) is 5.83. The lowest BCUT2D eigenvalue weighted by atomic mass is 10.2. The zero-order valence-corrected chi connectivity index (χ0v) is 14.8. The molecule has 1 heterocycles. The molecule has 1 aliphatic rings. The highest BCUT2D eigenvalue weighted by Crippen LogP contribution is 2.25. The maximum atomic E-state index is 13.1. The highest BCUT2D eigenvalue weighted by molar-refractivity contribution is 7.92. The number of nitrogens with one attached hydrogen (secondary N) is 1. The molecule has 2 aromatic rings. The largest absolute Gasteiger partial charge is 0.339 e. The second-order valence-corrected chi connectivity index (χ2v) is 7.81. The lowest BCUT2D eigenvalue weighted by Gasteiger charge is -2.15. The molecule has 2 aromatic carbocycles. The van der Waals surface area contributed by atoms with E-state index in [-0.39, 0.29) is 15.8 Å². The van der Waals surface area contributed by atoms with E-state index in [4.69, 9.17) is 11.6 Å². The fourth-order valence-electron chi connectivity index (χ4n) is 2.69. The standard InChI is InChI=1S/C17H16ClFN2O3S/c18-15-11-13(19)5-8-16(15)25(23,24)20-14-6-3-12(4-7-14)17(22)21-9-1-2-10-21/h3-8,11,20H,1-2,9-10H2. The van der Waals surface area contributed by atoms with Crippen LogP contribution in [-0.4, -0.2) is 32.3 Å². The zero-order valence-electron chi connectivity index (χ0n) is 13.2. The number of hydrogen-bond acceptors (Lipinski definition) is 3. The molecule has 8 heteroatoms. The van der Waals surface area contributed by atoms with Gasteiger partial charge in [-0.25, -0.2) is 12.8 Å². The predicted octanol–water partition coefficient (Wildman–Crippen LogP) is 3.52. The first-order chi connectivity index (χ1) is 11.9. The van der Waals surface area contributed by atoms with Crippen LogP contribution in [0.25, 0.3) is 0 Å². The van der Waals surface area contributed by atoms with Crippen molar-refractivity contribution >= 4 is 33.2 Å². The van der Waals surface area contributed by atoms with Crippen molar-refractivity contribution < 1.29 is 17.6 Å². The number of nitrogens with zero attached hydrogens (tertiary/aromatic N) is 1. The topological polar surface area (TPSA) is 66.5 Å². The van der Waals surface area contributed by atoms with E-state index in [2.05, 4.69) is 4.72 Å². The van der Waals surface area contributed by atoms with Gasteiger partial charge in [-0.2, -0.15) is 0 Å². The minimum atomic E-state index is -3.95. The second-order valence-electron chi connectivity index (χ2n) is 5.76. The predicted molar refractivity (Wildman–Crippen MR) is 93.8 cm³/mol. The van der Waals surface area contributed by atoms with Crippen LogP contribution >= 0.6 is 11.6 Å². The first kappa shape index (κ1) is 17.7. The molecule has 0 aliphatic carbocycles. The minimum absolute atomic E-state index is 0.0616. The minimum Gasteiger partial charge on any atom is -0.339 e. The van der Waals surface area contributed by atoms with Gasteiger partial charge in [0, 0.05) is 24.3 Å². The van der Waals surface area contributed by atoms with Crippen molar-refractivity contribution in [1.82, 2.24) is 4.90 Å². The molecule has 3 rings (SSSR count). The summed E-state index contributed by atoms with van der Waals surface area (Å²) in [6.07, 6.45) is 2.00. The number of hydrogen-bond donors (Lipinski definition) is 1. The maximum Gasteiger partial charge on any atom is 0.263 e. The third kappa shape index (κ3) is 3.93. The molecule has 1 fully saturated rings. The molecule has 1 saturated heterocycles. The first-order valence-electron chi connectivity index (χ1n) is 7.74. The molecule has 1 amide bonds. The summed E-state index contributed by atoms with van der Waals surface area (Å²) in [5.74, 6) is -0.679. The van der Waals surface area contributed by atoms with Gasteiger partial charge >= 0.3 is 0 Å². The average Bonchev–Trinajstić information content (AvgIpc) is 3.08. The average molecular weight is 383 g/mol. The van der Waals surface area contributed by atoms with Crippen molar-refractivity contribution in [3.8, 4) is 0 Å². The summed E-state index contributed by atoms with van der Waals surface area (Å²) in [7, 11) is -3.95. The Labute approximate surface area is 150 Å². The molecule has 25 heavy (non-hydrogen) atoms. The molecule has 0 spiro atoms. The van der Waals surface area contributed by atoms with Gasteiger partial charge in [0.15, 0.2) is 0 Å². The van der Waals surface area contributed by atoms with Crippen LogP contribution < -0.4 is 4.72 Å². The number of carbonyl (C=O) groups excluding carboxylic acids is 1. The molecule has 132 valence electrons. The Hall–Kier alpha value is -2.12. The SMILES string of the molecule is O=C(c1ccc(NS(=O)(=O)c2ccc(F)cc2Cl)cc1)N1CCCC1. The Balaban J connectivity index is 1.77. The van der Waals surface area contributed by atoms with Crippen molar-refractivity contribution in [3.05, 3.63) is 58.9 Å². The normalized spacial score (nSPS) is 14.6. The van der Waals surface area contributed by atoms with Crippen molar-refractivity contribution in [3.63, 3.8) is 0 Å². The molecule has 0 bridgehead atoms. The third-order valence-electron chi connectivity index (χ3n) is 3.96. The number of anilines is 1. The van der Waals surface area contributed by atoms with Crippen molar-refractivity contribution in [1.29, 1.82) is 0 Å². The van der Waals surface area contributed by atoms with Gasteiger partial charge in [-0.1, -0.05) is 11.6 Å². The van der Waals surface area contributed by atoms with Crippen molar-refractivity contribution in [2.24, 2.45) is 0 Å². The lowest BCUT2D eigenvalue weighted by molar-refractivity contribution is 0.0793. The maximum absolute atomic E-state index is 13.1. The van der Waals surface area contributed by atoms with Gasteiger partial charge < -0.3 is 4.90 Å². The number of benzene rings is 2. The number of likely N-dealkylation sites (tertiary alicyclic amines) is 1. The van der Waals surface area contributed by atoms with Crippen LogP contribution in [0, 0.1) is 5.82 Å². The second kappa shape index (κ2) is 7.01. The molecule has 1 N–H and O–H groups in total. The van der Waals surface area contributed by atoms with Gasteiger partial charge in [-0.15, -0.1) is 0 Å². The van der Waals surface area contributed by atoms with Crippen molar-refractivity contribution in [2.75, 3.05) is 17.8 Å². The van der Waals surface area contributed by atoms with E-state index in [1.54, 1.807) is 17.0 Å². The lowest BCUT2D eigenvalue weighted by Crippen LogP contribution is -2.27. The Bertz CT molecular complexity index is 895. The highest BCUT2D eigenvalue weighted by atomic mass is 35.5. The van der Waals surface area contributed by atoms with Crippen LogP contribution in [0.3, 0.4) is 0 Å². The van der Waals surface area contributed by atoms with Crippen LogP contribution in [0.1, 0.15) is 23.2 Å². The van der Waals surface area contributed by atoms with Gasteiger partial charge in [0.05, 0.1) is 5.02 Å². The quantitative estimate of drug-likeness (QED) is 0.879. The van der Waals surface area contributed by atoms with E-state index in [0.717, 1.165) is 44.1 Å². The van der Waals surface area contributed by atoms with E-state index in [1.165, 1.54) is 12.1 Å². The summed E-state index contributed by atoms with van der Waals surface area (Å²) in [6.45, 7) is 1.49. The summed E-state index contributed by atoms with van der Waals surface area (Å²) in [4.78, 5) is 13.8. The van der Waals surface area contributed by atoms with Crippen LogP contribution in [-0.2, 0) is 10.0 Å². The molecular formula is C17H16ClFN2O3S. The fraction of sp³-hybridized carbons (Fsp3) is 0.235. The van der Waals surface area contributed by atoms with Crippen molar-refractivity contribution in [2.45, 2.75) is 17.7 Å². The Morgan fingerprint density at radius 2 is 1.72 bits per heavy atom. The molecule has 0 radical (unpaired) electrons. The summed E-state index contributed by atoms with van der Waals surface area (Å²) in [5.41, 5.74) is 0.794. The van der Waals surface area contributed by atoms with Gasteiger partial charge in [-0.05, 0) is 55.3 Å². The van der Waals surface area contributed by atoms with E-state index in [9.17, 15) is 17.6 Å². The van der Waals surface area contributed by atoms with Gasteiger partial charge in [0.2, 0.25) is 0 Å². The van der Waals surface area contributed by atoms with E-state index in [1.807, 2.05) is 0 Å². The molecule has 5 nitrogen and oxygen atoms in total. The first-order valence-corrected chi connectivity index (χ1v) is 9.60. The number of halogens is 2. The highest BCUT2D eigenvalue weighted by Gasteiger charge is 2.21. The number of carbonyl (C=O) groups is 1. The Morgan fingerprint density at radius 3 is 2.32 bits per heavy atom. The van der Waals surface area contributed by atoms with E-state index >= 15 is 0 Å². The summed E-state index contributed by atoms with van der Waals surface area (Å²) in [6, 6.07) is 9.24. The van der Waals surface area contributed by atoms with Crippen LogP contribution in [0.15, 0.2) is 47.4 Å². The summed E-state index contributed by atoms with van der Waals surface area (Å²) >= 11 is 5.81. The summed E-state index contributed by atoms with van der Waals surface area (Å²) < 4.78 is 40.2.